The highest BCUT2D eigenvalue weighted by molar-refractivity contribution is 5.35. The van der Waals surface area contributed by atoms with Crippen LogP contribution < -0.4 is 14.2 Å². The molecule has 0 aliphatic carbocycles. The number of ether oxygens (including phenoxy) is 3. The summed E-state index contributed by atoms with van der Waals surface area (Å²) in [7, 11) is 1.36. The molecule has 0 aliphatic rings. The number of rotatable bonds is 5. The Labute approximate surface area is 132 Å². The summed E-state index contributed by atoms with van der Waals surface area (Å²) in [6.45, 7) is 0. The smallest absolute Gasteiger partial charge is 0.497 e. The van der Waals surface area contributed by atoms with Gasteiger partial charge in [-0.15, -0.1) is 13.2 Å². The van der Waals surface area contributed by atoms with Crippen LogP contribution in [0, 0.1) is 5.82 Å². The number of hydrogen-bond acceptors (Lipinski definition) is 3. The first-order valence-corrected chi connectivity index (χ1v) is 6.37. The second-order valence-electron chi connectivity index (χ2n) is 4.49. The van der Waals surface area contributed by atoms with Crippen molar-refractivity contribution in [3.8, 4) is 17.2 Å². The molecule has 0 bridgehead atoms. The highest BCUT2D eigenvalue weighted by atomic mass is 19.4. The molecule has 0 saturated heterocycles. The molecule has 0 radical (unpaired) electrons. The van der Waals surface area contributed by atoms with Crippen molar-refractivity contribution in [3.63, 3.8) is 0 Å². The normalized spacial score (nSPS) is 12.0. The Morgan fingerprint density at radius 1 is 0.792 bits per heavy atom. The van der Waals surface area contributed by atoms with Crippen LogP contribution in [0.15, 0.2) is 42.5 Å². The largest absolute Gasteiger partial charge is 0.573 e. The van der Waals surface area contributed by atoms with E-state index in [2.05, 4.69) is 9.47 Å². The quantitative estimate of drug-likeness (QED) is 0.719. The zero-order valence-electron chi connectivity index (χ0n) is 12.0. The van der Waals surface area contributed by atoms with Crippen LogP contribution >= 0.6 is 0 Å². The lowest BCUT2D eigenvalue weighted by Crippen LogP contribution is -2.22. The molecule has 9 heteroatoms. The average Bonchev–Trinajstić information content (AvgIpc) is 2.48. The van der Waals surface area contributed by atoms with Crippen LogP contribution in [0.5, 0.6) is 17.2 Å². The van der Waals surface area contributed by atoms with Crippen LogP contribution in [-0.2, 0) is 6.11 Å². The van der Waals surface area contributed by atoms with E-state index in [0.717, 1.165) is 18.2 Å². The summed E-state index contributed by atoms with van der Waals surface area (Å²) in [6.07, 6.45) is -8.93. The van der Waals surface area contributed by atoms with Crippen LogP contribution in [0.4, 0.5) is 26.3 Å². The number of hydrogen-bond donors (Lipinski definition) is 0. The van der Waals surface area contributed by atoms with E-state index in [1.807, 2.05) is 0 Å². The Morgan fingerprint density at radius 3 is 1.88 bits per heavy atom. The van der Waals surface area contributed by atoms with Gasteiger partial charge in [-0.05, 0) is 36.4 Å². The van der Waals surface area contributed by atoms with Crippen molar-refractivity contribution in [1.29, 1.82) is 0 Å². The first kappa shape index (κ1) is 17.8. The van der Waals surface area contributed by atoms with E-state index in [0.29, 0.717) is 17.9 Å². The molecule has 0 aliphatic heterocycles. The van der Waals surface area contributed by atoms with E-state index in [9.17, 15) is 26.3 Å². The maximum absolute atomic E-state index is 14.0. The van der Waals surface area contributed by atoms with Gasteiger partial charge in [-0.2, -0.15) is 8.78 Å². The first-order chi connectivity index (χ1) is 11.1. The third kappa shape index (κ3) is 4.46. The predicted molar refractivity (Wildman–Crippen MR) is 70.6 cm³/mol. The summed E-state index contributed by atoms with van der Waals surface area (Å²) >= 11 is 0. The minimum atomic E-state index is -5.10. The third-order valence-corrected chi connectivity index (χ3v) is 2.80. The molecule has 0 fully saturated rings. The standard InChI is InChI=1S/C15H10F6O3/c1-22-10-4-2-9(3-5-10)14(17,18)23-11-6-7-13(12(16)8-11)24-15(19,20)21/h2-8H,1H3. The molecule has 0 saturated carbocycles. The third-order valence-electron chi connectivity index (χ3n) is 2.80. The molecule has 0 heterocycles. The van der Waals surface area contributed by atoms with E-state index in [1.54, 1.807) is 0 Å². The molecule has 0 unspecified atom stereocenters. The van der Waals surface area contributed by atoms with Crippen molar-refractivity contribution in [3.05, 3.63) is 53.8 Å². The van der Waals surface area contributed by atoms with E-state index in [4.69, 9.17) is 4.74 Å². The monoisotopic (exact) mass is 352 g/mol. The lowest BCUT2D eigenvalue weighted by Gasteiger charge is -2.19. The average molecular weight is 352 g/mol. The topological polar surface area (TPSA) is 27.7 Å². The molecule has 0 amide bonds. The minimum absolute atomic E-state index is 0.342. The summed E-state index contributed by atoms with van der Waals surface area (Å²) in [6, 6.07) is 6.27. The molecular weight excluding hydrogens is 342 g/mol. The number of alkyl halides is 5. The predicted octanol–water partition coefficient (Wildman–Crippen LogP) is 4.86. The summed E-state index contributed by atoms with van der Waals surface area (Å²) in [5, 5.41) is 0. The summed E-state index contributed by atoms with van der Waals surface area (Å²) in [4.78, 5) is 0. The van der Waals surface area contributed by atoms with E-state index in [1.165, 1.54) is 19.2 Å². The second kappa shape index (κ2) is 6.50. The van der Waals surface area contributed by atoms with Crippen molar-refractivity contribution in [2.75, 3.05) is 7.11 Å². The van der Waals surface area contributed by atoms with Gasteiger partial charge in [0, 0.05) is 6.07 Å². The van der Waals surface area contributed by atoms with Gasteiger partial charge in [0.15, 0.2) is 11.6 Å². The Morgan fingerprint density at radius 2 is 1.38 bits per heavy atom. The molecule has 2 aromatic rings. The maximum atomic E-state index is 14.0. The van der Waals surface area contributed by atoms with Crippen LogP contribution in [0.1, 0.15) is 5.56 Å². The molecule has 0 spiro atoms. The SMILES string of the molecule is COc1ccc(C(F)(F)Oc2ccc(OC(F)(F)F)c(F)c2)cc1. The van der Waals surface area contributed by atoms with Crippen LogP contribution in [-0.4, -0.2) is 13.5 Å². The molecule has 0 aromatic heterocycles. The fourth-order valence-electron chi connectivity index (χ4n) is 1.74. The highest BCUT2D eigenvalue weighted by Crippen LogP contribution is 2.35. The Kier molecular flexibility index (Phi) is 4.81. The number of methoxy groups -OCH3 is 1. The lowest BCUT2D eigenvalue weighted by atomic mass is 10.2. The van der Waals surface area contributed by atoms with Crippen molar-refractivity contribution >= 4 is 0 Å². The molecule has 2 rings (SSSR count). The fraction of sp³-hybridized carbons (Fsp3) is 0.200. The van der Waals surface area contributed by atoms with Gasteiger partial charge in [0.25, 0.3) is 0 Å². The minimum Gasteiger partial charge on any atom is -0.497 e. The van der Waals surface area contributed by atoms with Crippen LogP contribution in [0.2, 0.25) is 0 Å². The van der Waals surface area contributed by atoms with Crippen LogP contribution in [0.25, 0.3) is 0 Å². The molecule has 0 atom stereocenters. The van der Waals surface area contributed by atoms with Crippen molar-refractivity contribution in [2.45, 2.75) is 12.5 Å². The van der Waals surface area contributed by atoms with Gasteiger partial charge >= 0.3 is 12.5 Å². The fourth-order valence-corrected chi connectivity index (χ4v) is 1.74. The Hall–Kier alpha value is -2.58. The molecular formula is C15H10F6O3. The van der Waals surface area contributed by atoms with Crippen molar-refractivity contribution in [2.24, 2.45) is 0 Å². The van der Waals surface area contributed by atoms with Crippen LogP contribution in [0.3, 0.4) is 0 Å². The van der Waals surface area contributed by atoms with Gasteiger partial charge in [-0.1, -0.05) is 0 Å². The van der Waals surface area contributed by atoms with E-state index >= 15 is 0 Å². The van der Waals surface area contributed by atoms with E-state index < -0.39 is 35.4 Å². The summed E-state index contributed by atoms with van der Waals surface area (Å²) in [5.74, 6) is -2.96. The summed E-state index contributed by atoms with van der Waals surface area (Å²) in [5.41, 5.74) is -0.542. The lowest BCUT2D eigenvalue weighted by molar-refractivity contribution is -0.275. The van der Waals surface area contributed by atoms with Gasteiger partial charge < -0.3 is 14.2 Å². The Bertz CT molecular complexity index is 697. The molecule has 2 aromatic carbocycles. The summed E-state index contributed by atoms with van der Waals surface area (Å²) < 4.78 is 90.1. The zero-order chi connectivity index (χ0) is 18.0. The molecule has 3 nitrogen and oxygen atoms in total. The molecule has 0 N–H and O–H groups in total. The van der Waals surface area contributed by atoms with Gasteiger partial charge in [0.2, 0.25) is 0 Å². The van der Waals surface area contributed by atoms with Gasteiger partial charge in [0.1, 0.15) is 11.5 Å². The van der Waals surface area contributed by atoms with Gasteiger partial charge in [0.05, 0.1) is 12.7 Å². The second-order valence-corrected chi connectivity index (χ2v) is 4.49. The van der Waals surface area contributed by atoms with Crippen molar-refractivity contribution in [1.82, 2.24) is 0 Å². The van der Waals surface area contributed by atoms with Gasteiger partial charge in [-0.3, -0.25) is 0 Å². The molecule has 24 heavy (non-hydrogen) atoms. The Balaban J connectivity index is 2.18. The first-order valence-electron chi connectivity index (χ1n) is 6.37. The van der Waals surface area contributed by atoms with Gasteiger partial charge in [-0.25, -0.2) is 4.39 Å². The van der Waals surface area contributed by atoms with E-state index in [-0.39, 0.29) is 0 Å². The maximum Gasteiger partial charge on any atom is 0.573 e. The van der Waals surface area contributed by atoms with Crippen molar-refractivity contribution < 1.29 is 40.6 Å². The zero-order valence-corrected chi connectivity index (χ0v) is 12.0. The number of halogens is 6. The highest BCUT2D eigenvalue weighted by Gasteiger charge is 2.35. The number of benzene rings is 2. The molecule has 130 valence electrons.